The molecule has 2 heterocycles. The molecular weight excluding hydrogens is 466 g/mol. The van der Waals surface area contributed by atoms with Crippen LogP contribution in [-0.4, -0.2) is 74.3 Å². The lowest BCUT2D eigenvalue weighted by Crippen LogP contribution is -2.42. The fraction of sp³-hybridized carbons (Fsp3) is 0.345. The van der Waals surface area contributed by atoms with E-state index in [0.29, 0.717) is 41.9 Å². The Hall–Kier alpha value is -3.77. The number of carbonyl (C=O) groups excluding carboxylic acids is 1. The number of nitrogens with one attached hydrogen (secondary N) is 2. The van der Waals surface area contributed by atoms with E-state index in [1.807, 2.05) is 49.5 Å². The number of aliphatic hydroxyl groups is 1. The minimum Gasteiger partial charge on any atom is -0.495 e. The average molecular weight is 502 g/mol. The van der Waals surface area contributed by atoms with Crippen LogP contribution in [0.3, 0.4) is 0 Å². The molecule has 1 aliphatic heterocycles. The van der Waals surface area contributed by atoms with E-state index in [1.165, 1.54) is 12.8 Å². The summed E-state index contributed by atoms with van der Waals surface area (Å²) in [5.74, 6) is 0.676. The number of nitriles is 1. The first kappa shape index (κ1) is 27.8. The van der Waals surface area contributed by atoms with E-state index >= 15 is 0 Å². The molecule has 3 aromatic rings. The largest absolute Gasteiger partial charge is 0.495 e. The van der Waals surface area contributed by atoms with Crippen LogP contribution in [-0.2, 0) is 0 Å². The second kappa shape index (κ2) is 14.1. The predicted octanol–water partition coefficient (Wildman–Crippen LogP) is 3.88. The number of fused-ring (bicyclic) bond motifs is 1. The number of ether oxygens (including phenoxy) is 1. The molecule has 0 spiro atoms. The number of β-amino-alcohol motifs (C(OH)–C–C–N with tert-alkyl or cyclic N) is 1. The van der Waals surface area contributed by atoms with Crippen LogP contribution in [0.4, 0.5) is 5.69 Å². The first-order valence-electron chi connectivity index (χ1n) is 12.4. The van der Waals surface area contributed by atoms with E-state index < -0.39 is 0 Å². The Morgan fingerprint density at radius 2 is 2.03 bits per heavy atom. The fourth-order valence-electron chi connectivity index (χ4n) is 4.31. The number of hydrogen-bond donors (Lipinski definition) is 3. The van der Waals surface area contributed by atoms with Gasteiger partial charge >= 0.3 is 0 Å². The van der Waals surface area contributed by atoms with Crippen LogP contribution in [0.5, 0.6) is 5.75 Å². The lowest BCUT2D eigenvalue weighted by atomic mass is 10.0. The maximum absolute atomic E-state index is 11.0. The lowest BCUT2D eigenvalue weighted by Gasteiger charge is -2.31. The van der Waals surface area contributed by atoms with Crippen molar-refractivity contribution in [3.8, 4) is 23.1 Å². The zero-order valence-electron chi connectivity index (χ0n) is 21.5. The van der Waals surface area contributed by atoms with E-state index in [-0.39, 0.29) is 0 Å². The summed E-state index contributed by atoms with van der Waals surface area (Å²) in [5, 5.41) is 26.1. The van der Waals surface area contributed by atoms with Crippen LogP contribution in [0, 0.1) is 11.3 Å². The van der Waals surface area contributed by atoms with Gasteiger partial charge in [-0.05, 0) is 62.6 Å². The number of pyridine rings is 1. The van der Waals surface area contributed by atoms with Crippen molar-refractivity contribution in [3.05, 3.63) is 66.4 Å². The Balaban J connectivity index is 0.000000289. The maximum atomic E-state index is 11.0. The summed E-state index contributed by atoms with van der Waals surface area (Å²) < 4.78 is 5.46. The Morgan fingerprint density at radius 1 is 1.27 bits per heavy atom. The minimum absolute atomic E-state index is 0.296. The summed E-state index contributed by atoms with van der Waals surface area (Å²) in [6.07, 6.45) is 3.17. The Morgan fingerprint density at radius 3 is 2.68 bits per heavy atom. The highest BCUT2D eigenvalue weighted by atomic mass is 16.5. The maximum Gasteiger partial charge on any atom is 0.168 e. The molecule has 0 saturated carbocycles. The summed E-state index contributed by atoms with van der Waals surface area (Å²) >= 11 is 0. The van der Waals surface area contributed by atoms with Gasteiger partial charge in [-0.2, -0.15) is 5.26 Å². The summed E-state index contributed by atoms with van der Waals surface area (Å²) in [4.78, 5) is 17.7. The number of anilines is 1. The summed E-state index contributed by atoms with van der Waals surface area (Å²) in [5.41, 5.74) is 3.20. The lowest BCUT2D eigenvalue weighted by molar-refractivity contribution is 0.111. The molecule has 0 radical (unpaired) electrons. The molecule has 8 heteroatoms. The molecule has 0 aliphatic carbocycles. The number of aliphatic hydroxyl groups excluding tert-OH is 1. The average Bonchev–Trinajstić information content (AvgIpc) is 2.96. The molecule has 194 valence electrons. The number of nitrogens with zero attached hydrogens (tertiary/aromatic N) is 3. The first-order chi connectivity index (χ1) is 18.0. The van der Waals surface area contributed by atoms with Crippen molar-refractivity contribution < 1.29 is 14.6 Å². The standard InChI is InChI=1S/C21H17N3O2.C8H18N2O/c1-14(11-22)12-23-21-18-10-16(19-5-3-4-17(13-25)24-19)7-6-15(18)8-9-20(21)26-2;1-9-8-2-4-10(5-3-8)6-7-11/h3-10,13,23H,1,12H2,2H3;8-9,11H,2-7H2,1H3. The second-order valence-electron chi connectivity index (χ2n) is 8.84. The number of carbonyl (C=O) groups is 1. The van der Waals surface area contributed by atoms with E-state index in [1.54, 1.807) is 19.2 Å². The summed E-state index contributed by atoms with van der Waals surface area (Å²) in [7, 11) is 3.62. The molecule has 0 unspecified atom stereocenters. The van der Waals surface area contributed by atoms with Gasteiger partial charge in [0, 0.05) is 35.7 Å². The van der Waals surface area contributed by atoms with E-state index in [2.05, 4.69) is 27.1 Å². The Labute approximate surface area is 218 Å². The molecule has 1 aliphatic rings. The molecule has 1 saturated heterocycles. The zero-order valence-corrected chi connectivity index (χ0v) is 21.5. The van der Waals surface area contributed by atoms with Gasteiger partial charge in [0.15, 0.2) is 6.29 Å². The molecule has 4 rings (SSSR count). The van der Waals surface area contributed by atoms with Crippen LogP contribution >= 0.6 is 0 Å². The predicted molar refractivity (Wildman–Crippen MR) is 148 cm³/mol. The normalized spacial score (nSPS) is 13.8. The molecule has 2 aromatic carbocycles. The van der Waals surface area contributed by atoms with Gasteiger partial charge in [-0.3, -0.25) is 4.79 Å². The molecule has 1 aromatic heterocycles. The first-order valence-corrected chi connectivity index (χ1v) is 12.4. The van der Waals surface area contributed by atoms with E-state index in [4.69, 9.17) is 15.1 Å². The van der Waals surface area contributed by atoms with Crippen molar-refractivity contribution in [3.63, 3.8) is 0 Å². The molecule has 0 amide bonds. The van der Waals surface area contributed by atoms with E-state index in [0.717, 1.165) is 47.9 Å². The highest BCUT2D eigenvalue weighted by Gasteiger charge is 2.16. The van der Waals surface area contributed by atoms with Crippen LogP contribution in [0.25, 0.3) is 22.0 Å². The van der Waals surface area contributed by atoms with Crippen LogP contribution in [0.15, 0.2) is 60.7 Å². The molecule has 8 nitrogen and oxygen atoms in total. The van der Waals surface area contributed by atoms with Crippen molar-refractivity contribution in [2.45, 2.75) is 18.9 Å². The quantitative estimate of drug-likeness (QED) is 0.299. The number of rotatable bonds is 9. The van der Waals surface area contributed by atoms with Gasteiger partial charge in [0.25, 0.3) is 0 Å². The third-order valence-electron chi connectivity index (χ3n) is 6.44. The SMILES string of the molecule is C=C(C#N)CNc1c(OC)ccc2ccc(-c3cccc(C=O)n3)cc12.CNC1CCN(CCO)CC1. The van der Waals surface area contributed by atoms with Crippen LogP contribution < -0.4 is 15.4 Å². The Bertz CT molecular complexity index is 1250. The fourth-order valence-corrected chi connectivity index (χ4v) is 4.31. The number of methoxy groups -OCH3 is 1. The number of likely N-dealkylation sites (tertiary alicyclic amines) is 1. The third kappa shape index (κ3) is 7.61. The summed E-state index contributed by atoms with van der Waals surface area (Å²) in [6.45, 7) is 7.43. The van der Waals surface area contributed by atoms with Crippen molar-refractivity contribution in [2.24, 2.45) is 0 Å². The highest BCUT2D eigenvalue weighted by molar-refractivity contribution is 5.99. The van der Waals surface area contributed by atoms with Gasteiger partial charge < -0.3 is 25.4 Å². The number of benzene rings is 2. The number of aldehydes is 1. The smallest absolute Gasteiger partial charge is 0.168 e. The topological polar surface area (TPSA) is 111 Å². The molecule has 1 fully saturated rings. The number of hydrogen-bond acceptors (Lipinski definition) is 8. The number of piperidine rings is 1. The minimum atomic E-state index is 0.296. The summed E-state index contributed by atoms with van der Waals surface area (Å²) in [6, 6.07) is 17.9. The Kier molecular flexibility index (Phi) is 10.6. The third-order valence-corrected chi connectivity index (χ3v) is 6.44. The highest BCUT2D eigenvalue weighted by Crippen LogP contribution is 2.35. The molecule has 0 atom stereocenters. The van der Waals surface area contributed by atoms with Crippen molar-refractivity contribution in [1.82, 2.24) is 15.2 Å². The van der Waals surface area contributed by atoms with Gasteiger partial charge in [-0.15, -0.1) is 0 Å². The number of aromatic nitrogens is 1. The van der Waals surface area contributed by atoms with Gasteiger partial charge in [0.1, 0.15) is 11.4 Å². The van der Waals surface area contributed by atoms with Crippen molar-refractivity contribution >= 4 is 22.7 Å². The molecular formula is C29H35N5O3. The van der Waals surface area contributed by atoms with Crippen LogP contribution in [0.2, 0.25) is 0 Å². The molecule has 3 N–H and O–H groups in total. The van der Waals surface area contributed by atoms with Gasteiger partial charge in [0.2, 0.25) is 0 Å². The van der Waals surface area contributed by atoms with Crippen LogP contribution in [0.1, 0.15) is 23.3 Å². The zero-order chi connectivity index (χ0) is 26.6. The van der Waals surface area contributed by atoms with E-state index in [9.17, 15) is 4.79 Å². The second-order valence-corrected chi connectivity index (χ2v) is 8.84. The van der Waals surface area contributed by atoms with Gasteiger partial charge in [-0.25, -0.2) is 4.98 Å². The van der Waals surface area contributed by atoms with Crippen molar-refractivity contribution in [1.29, 1.82) is 5.26 Å². The monoisotopic (exact) mass is 501 g/mol. The molecule has 37 heavy (non-hydrogen) atoms. The van der Waals surface area contributed by atoms with Gasteiger partial charge in [-0.1, -0.05) is 30.8 Å². The molecule has 0 bridgehead atoms. The van der Waals surface area contributed by atoms with Crippen molar-refractivity contribution in [2.75, 3.05) is 52.3 Å². The van der Waals surface area contributed by atoms with Gasteiger partial charge in [0.05, 0.1) is 31.2 Å².